The summed E-state index contributed by atoms with van der Waals surface area (Å²) < 4.78 is 10.6. The van der Waals surface area contributed by atoms with Crippen LogP contribution in [0.1, 0.15) is 58.1 Å². The van der Waals surface area contributed by atoms with Gasteiger partial charge >= 0.3 is 18.0 Å². The summed E-state index contributed by atoms with van der Waals surface area (Å²) in [4.78, 5) is 41.1. The summed E-state index contributed by atoms with van der Waals surface area (Å²) in [6.07, 6.45) is 0.953. The maximum Gasteiger partial charge on any atom is 0.413 e. The lowest BCUT2D eigenvalue weighted by molar-refractivity contribution is -0.162. The molecule has 0 bridgehead atoms. The number of carboxylic acids is 1. The lowest BCUT2D eigenvalue weighted by Crippen LogP contribution is -2.34. The van der Waals surface area contributed by atoms with Crippen molar-refractivity contribution >= 4 is 23.8 Å². The van der Waals surface area contributed by atoms with Crippen molar-refractivity contribution < 1.29 is 29.0 Å². The Morgan fingerprint density at radius 3 is 2.22 bits per heavy atom. The molecule has 8 nitrogen and oxygen atoms in total. The number of carbonyl (C=O) groups excluding carboxylic acids is 2. The number of benzene rings is 1. The Balaban J connectivity index is 2.37. The molecule has 172 valence electrons. The first-order chi connectivity index (χ1) is 15.0. The summed E-state index contributed by atoms with van der Waals surface area (Å²) in [7, 11) is 0. The van der Waals surface area contributed by atoms with Gasteiger partial charge in [0, 0.05) is 12.1 Å². The zero-order valence-electron chi connectivity index (χ0n) is 19.0. The van der Waals surface area contributed by atoms with Crippen molar-refractivity contribution in [3.05, 3.63) is 59.8 Å². The van der Waals surface area contributed by atoms with E-state index in [1.807, 2.05) is 6.92 Å². The highest BCUT2D eigenvalue weighted by atomic mass is 16.6. The topological polar surface area (TPSA) is 115 Å². The van der Waals surface area contributed by atoms with Crippen molar-refractivity contribution in [3.8, 4) is 0 Å². The number of carbonyl (C=O) groups is 3. The predicted molar refractivity (Wildman–Crippen MR) is 119 cm³/mol. The van der Waals surface area contributed by atoms with Gasteiger partial charge in [-0.2, -0.15) is 0 Å². The third-order valence-corrected chi connectivity index (χ3v) is 4.68. The first-order valence-corrected chi connectivity index (χ1v) is 10.5. The number of nitrogens with one attached hydrogen (secondary N) is 1. The van der Waals surface area contributed by atoms with Crippen LogP contribution in [0.5, 0.6) is 0 Å². The average molecular weight is 443 g/mol. The first kappa shape index (κ1) is 24.8. The van der Waals surface area contributed by atoms with E-state index >= 15 is 0 Å². The lowest BCUT2D eigenvalue weighted by atomic mass is 9.81. The first-order valence-electron chi connectivity index (χ1n) is 10.5. The van der Waals surface area contributed by atoms with Crippen LogP contribution in [-0.2, 0) is 19.1 Å². The van der Waals surface area contributed by atoms with Gasteiger partial charge in [-0.25, -0.2) is 9.78 Å². The fraction of sp³-hybridized carbons (Fsp3) is 0.417. The van der Waals surface area contributed by atoms with Crippen molar-refractivity contribution in [2.45, 2.75) is 58.7 Å². The summed E-state index contributed by atoms with van der Waals surface area (Å²) in [6.45, 7) is 8.81. The van der Waals surface area contributed by atoms with Gasteiger partial charge in [-0.15, -0.1) is 0 Å². The van der Waals surface area contributed by atoms with E-state index in [0.717, 1.165) is 0 Å². The molecule has 0 radical (unpaired) electrons. The summed E-state index contributed by atoms with van der Waals surface area (Å²) >= 11 is 0. The molecule has 32 heavy (non-hydrogen) atoms. The molecular formula is C24H30N2O6. The molecule has 0 saturated carbocycles. The number of pyridine rings is 1. The van der Waals surface area contributed by atoms with Gasteiger partial charge in [0.05, 0.1) is 6.10 Å². The van der Waals surface area contributed by atoms with Crippen molar-refractivity contribution in [1.29, 1.82) is 0 Å². The normalized spacial score (nSPS) is 14.0. The molecule has 0 fully saturated rings. The zero-order chi connectivity index (χ0) is 23.9. The van der Waals surface area contributed by atoms with Crippen LogP contribution in [0.2, 0.25) is 0 Å². The minimum absolute atomic E-state index is 0.240. The maximum absolute atomic E-state index is 12.8. The number of amides is 1. The van der Waals surface area contributed by atoms with Crippen molar-refractivity contribution in [1.82, 2.24) is 4.98 Å². The molecule has 2 rings (SSSR count). The molecule has 1 heterocycles. The zero-order valence-corrected chi connectivity index (χ0v) is 19.0. The highest BCUT2D eigenvalue weighted by molar-refractivity contribution is 5.96. The molecular weight excluding hydrogens is 412 g/mol. The van der Waals surface area contributed by atoms with Gasteiger partial charge in [0.1, 0.15) is 11.4 Å². The number of carboxylic acid groups (broad SMARTS) is 1. The third kappa shape index (κ3) is 7.08. The Hall–Kier alpha value is -3.42. The molecule has 0 aliphatic carbocycles. The predicted octanol–water partition coefficient (Wildman–Crippen LogP) is 4.60. The summed E-state index contributed by atoms with van der Waals surface area (Å²) in [6, 6.07) is 12.0. The fourth-order valence-corrected chi connectivity index (χ4v) is 3.04. The Morgan fingerprint density at radius 1 is 1.06 bits per heavy atom. The largest absolute Gasteiger partial charge is 0.481 e. The number of nitrogens with zero attached hydrogens (tertiary/aromatic N) is 1. The minimum Gasteiger partial charge on any atom is -0.481 e. The van der Waals surface area contributed by atoms with Crippen LogP contribution in [0.4, 0.5) is 10.6 Å². The lowest BCUT2D eigenvalue weighted by Gasteiger charge is -2.25. The Morgan fingerprint density at radius 2 is 1.72 bits per heavy atom. The van der Waals surface area contributed by atoms with Crippen molar-refractivity contribution in [2.24, 2.45) is 5.92 Å². The van der Waals surface area contributed by atoms with Gasteiger partial charge < -0.3 is 14.6 Å². The molecule has 0 spiro atoms. The van der Waals surface area contributed by atoms with E-state index in [2.05, 4.69) is 10.3 Å². The summed E-state index contributed by atoms with van der Waals surface area (Å²) in [5.41, 5.74) is 0.475. The third-order valence-electron chi connectivity index (χ3n) is 4.68. The van der Waals surface area contributed by atoms with Gasteiger partial charge in [-0.05, 0) is 51.3 Å². The van der Waals surface area contributed by atoms with Gasteiger partial charge in [0.25, 0.3) is 0 Å². The van der Waals surface area contributed by atoms with Crippen molar-refractivity contribution in [3.63, 3.8) is 0 Å². The van der Waals surface area contributed by atoms with Crippen LogP contribution in [0.15, 0.2) is 48.7 Å². The van der Waals surface area contributed by atoms with Crippen LogP contribution in [-0.4, -0.2) is 39.8 Å². The average Bonchev–Trinajstić information content (AvgIpc) is 2.71. The van der Waals surface area contributed by atoms with E-state index in [9.17, 15) is 19.5 Å². The molecule has 3 atom stereocenters. The second kappa shape index (κ2) is 10.7. The van der Waals surface area contributed by atoms with Crippen LogP contribution in [0.3, 0.4) is 0 Å². The van der Waals surface area contributed by atoms with E-state index in [4.69, 9.17) is 9.47 Å². The summed E-state index contributed by atoms with van der Waals surface area (Å²) in [5.74, 6) is -4.14. The Kier molecular flexibility index (Phi) is 8.34. The molecule has 0 aliphatic rings. The standard InChI is InChI=1S/C24H30N2O6/c1-6-15(2)31-22(29)20(21(27)28)19(16-10-8-7-9-11-16)17-12-13-18(25-14-17)26-23(30)32-24(3,4)5/h7-15,19-20H,6H2,1-5H3,(H,27,28)(H,25,26,30). The molecule has 8 heteroatoms. The number of aliphatic carboxylic acids is 1. The van der Waals surface area contributed by atoms with Gasteiger partial charge in [0.15, 0.2) is 5.92 Å². The van der Waals surface area contributed by atoms with E-state index in [1.165, 1.54) is 12.3 Å². The molecule has 3 unspecified atom stereocenters. The van der Waals surface area contributed by atoms with Crippen LogP contribution in [0, 0.1) is 5.92 Å². The summed E-state index contributed by atoms with van der Waals surface area (Å²) in [5, 5.41) is 12.4. The number of esters is 1. The van der Waals surface area contributed by atoms with Gasteiger partial charge in [0.2, 0.25) is 0 Å². The monoisotopic (exact) mass is 442 g/mol. The maximum atomic E-state index is 12.8. The van der Waals surface area contributed by atoms with Crippen LogP contribution >= 0.6 is 0 Å². The van der Waals surface area contributed by atoms with E-state index in [1.54, 1.807) is 64.1 Å². The fourth-order valence-electron chi connectivity index (χ4n) is 3.04. The van der Waals surface area contributed by atoms with E-state index in [0.29, 0.717) is 17.5 Å². The number of hydrogen-bond acceptors (Lipinski definition) is 6. The molecule has 1 amide bonds. The van der Waals surface area contributed by atoms with E-state index in [-0.39, 0.29) is 5.82 Å². The van der Waals surface area contributed by atoms with Crippen molar-refractivity contribution in [2.75, 3.05) is 5.32 Å². The second-order valence-corrected chi connectivity index (χ2v) is 8.46. The number of anilines is 1. The second-order valence-electron chi connectivity index (χ2n) is 8.46. The van der Waals surface area contributed by atoms with E-state index < -0.39 is 41.6 Å². The minimum atomic E-state index is -1.46. The van der Waals surface area contributed by atoms with Gasteiger partial charge in [-0.3, -0.25) is 14.9 Å². The number of ether oxygens (including phenoxy) is 2. The Labute approximate surface area is 188 Å². The van der Waals surface area contributed by atoms with Crippen LogP contribution in [0.25, 0.3) is 0 Å². The number of aromatic nitrogens is 1. The Bertz CT molecular complexity index is 922. The SMILES string of the molecule is CCC(C)OC(=O)C(C(=O)O)C(c1ccccc1)c1ccc(NC(=O)OC(C)(C)C)nc1. The molecule has 2 N–H and O–H groups in total. The molecule has 1 aromatic carbocycles. The molecule has 0 aliphatic heterocycles. The highest BCUT2D eigenvalue weighted by Crippen LogP contribution is 2.34. The number of hydrogen-bond donors (Lipinski definition) is 2. The number of rotatable bonds is 8. The highest BCUT2D eigenvalue weighted by Gasteiger charge is 2.39. The smallest absolute Gasteiger partial charge is 0.413 e. The quantitative estimate of drug-likeness (QED) is 0.453. The molecule has 1 aromatic heterocycles. The molecule has 0 saturated heterocycles. The van der Waals surface area contributed by atoms with Crippen LogP contribution < -0.4 is 5.32 Å². The van der Waals surface area contributed by atoms with Gasteiger partial charge in [-0.1, -0.05) is 43.3 Å². The molecule has 2 aromatic rings.